The van der Waals surface area contributed by atoms with E-state index >= 15 is 0 Å². The lowest BCUT2D eigenvalue weighted by Gasteiger charge is -2.26. The molecule has 20 heavy (non-hydrogen) atoms. The first kappa shape index (κ1) is 14.5. The number of carbonyl (C=O) groups excluding carboxylic acids is 1. The van der Waals surface area contributed by atoms with Gasteiger partial charge in [0.25, 0.3) is 0 Å². The first-order chi connectivity index (χ1) is 9.54. The Morgan fingerprint density at radius 3 is 2.85 bits per heavy atom. The Morgan fingerprint density at radius 1 is 1.55 bits per heavy atom. The second kappa shape index (κ2) is 6.00. The summed E-state index contributed by atoms with van der Waals surface area (Å²) in [6.07, 6.45) is 1.67. The Bertz CT molecular complexity index is 500. The van der Waals surface area contributed by atoms with Crippen molar-refractivity contribution in [1.29, 1.82) is 0 Å². The lowest BCUT2D eigenvalue weighted by atomic mass is 9.94. The third kappa shape index (κ3) is 2.80. The van der Waals surface area contributed by atoms with Crippen LogP contribution in [0.1, 0.15) is 23.7 Å². The summed E-state index contributed by atoms with van der Waals surface area (Å²) in [6.45, 7) is 2.63. The predicted octanol–water partition coefficient (Wildman–Crippen LogP) is 1.01. The smallest absolute Gasteiger partial charge is 0.309 e. The van der Waals surface area contributed by atoms with Gasteiger partial charge in [0.05, 0.1) is 18.6 Å². The standard InChI is InChI=1S/C14H18N2O4/c1-9-3-4-10(8-15-9)13-11(14(18)19)7-12(17)16(13)5-6-20-2/h3-4,8,11,13H,5-7H2,1-2H3,(H,18,19). The molecule has 1 N–H and O–H groups in total. The molecule has 6 heteroatoms. The maximum Gasteiger partial charge on any atom is 0.309 e. The molecule has 0 aromatic carbocycles. The normalized spacial score (nSPS) is 22.3. The minimum absolute atomic E-state index is 0.0254. The van der Waals surface area contributed by atoms with Crippen LogP contribution < -0.4 is 0 Å². The highest BCUT2D eigenvalue weighted by molar-refractivity contribution is 5.87. The van der Waals surface area contributed by atoms with Crippen LogP contribution in [0.15, 0.2) is 18.3 Å². The number of pyridine rings is 1. The molecule has 1 aromatic rings. The zero-order valence-electron chi connectivity index (χ0n) is 11.6. The molecular formula is C14H18N2O4. The Kier molecular flexibility index (Phi) is 4.34. The van der Waals surface area contributed by atoms with Crippen molar-refractivity contribution in [1.82, 2.24) is 9.88 Å². The minimum atomic E-state index is -0.955. The third-order valence-corrected chi connectivity index (χ3v) is 3.56. The van der Waals surface area contributed by atoms with Gasteiger partial charge in [-0.3, -0.25) is 14.6 Å². The Hall–Kier alpha value is -1.95. The average molecular weight is 278 g/mol. The van der Waals surface area contributed by atoms with E-state index < -0.39 is 17.9 Å². The van der Waals surface area contributed by atoms with Crippen LogP contribution in [0.4, 0.5) is 0 Å². The molecule has 0 radical (unpaired) electrons. The van der Waals surface area contributed by atoms with Crippen molar-refractivity contribution < 1.29 is 19.4 Å². The molecule has 0 saturated carbocycles. The van der Waals surface area contributed by atoms with Gasteiger partial charge in [0.2, 0.25) is 5.91 Å². The van der Waals surface area contributed by atoms with Crippen LogP contribution in [-0.2, 0) is 14.3 Å². The van der Waals surface area contributed by atoms with Gasteiger partial charge in [-0.2, -0.15) is 0 Å². The third-order valence-electron chi connectivity index (χ3n) is 3.56. The van der Waals surface area contributed by atoms with Crippen molar-refractivity contribution in [2.75, 3.05) is 20.3 Å². The lowest BCUT2D eigenvalue weighted by Crippen LogP contribution is -2.33. The maximum atomic E-state index is 12.0. The first-order valence-electron chi connectivity index (χ1n) is 6.48. The van der Waals surface area contributed by atoms with Crippen molar-refractivity contribution in [2.24, 2.45) is 5.92 Å². The highest BCUT2D eigenvalue weighted by Crippen LogP contribution is 2.37. The Labute approximate surface area is 117 Å². The van der Waals surface area contributed by atoms with Crippen molar-refractivity contribution in [3.05, 3.63) is 29.6 Å². The fraction of sp³-hybridized carbons (Fsp3) is 0.500. The number of rotatable bonds is 5. The van der Waals surface area contributed by atoms with Crippen molar-refractivity contribution >= 4 is 11.9 Å². The number of amides is 1. The Balaban J connectivity index is 2.32. The molecule has 2 rings (SSSR count). The van der Waals surface area contributed by atoms with Crippen molar-refractivity contribution in [2.45, 2.75) is 19.4 Å². The van der Waals surface area contributed by atoms with Gasteiger partial charge in [0, 0.05) is 32.0 Å². The summed E-state index contributed by atoms with van der Waals surface area (Å²) < 4.78 is 4.99. The Morgan fingerprint density at radius 2 is 2.30 bits per heavy atom. The summed E-state index contributed by atoms with van der Waals surface area (Å²) in [7, 11) is 1.55. The number of methoxy groups -OCH3 is 1. The van der Waals surface area contributed by atoms with E-state index in [9.17, 15) is 14.7 Å². The molecule has 1 saturated heterocycles. The molecule has 0 spiro atoms. The predicted molar refractivity (Wildman–Crippen MR) is 71.0 cm³/mol. The number of aliphatic carboxylic acids is 1. The highest BCUT2D eigenvalue weighted by Gasteiger charge is 2.44. The molecule has 6 nitrogen and oxygen atoms in total. The molecule has 1 aromatic heterocycles. The molecule has 0 bridgehead atoms. The van der Waals surface area contributed by atoms with Gasteiger partial charge in [0.1, 0.15) is 0 Å². The van der Waals surface area contributed by atoms with Gasteiger partial charge in [-0.15, -0.1) is 0 Å². The maximum absolute atomic E-state index is 12.0. The van der Waals surface area contributed by atoms with Crippen LogP contribution in [0.2, 0.25) is 0 Å². The molecular weight excluding hydrogens is 260 g/mol. The molecule has 1 aliphatic rings. The summed E-state index contributed by atoms with van der Waals surface area (Å²) in [5.41, 5.74) is 1.61. The lowest BCUT2D eigenvalue weighted by molar-refractivity contribution is -0.142. The molecule has 2 heterocycles. The second-order valence-electron chi connectivity index (χ2n) is 4.91. The number of carbonyl (C=O) groups is 2. The van der Waals surface area contributed by atoms with Crippen LogP contribution in [-0.4, -0.2) is 47.1 Å². The summed E-state index contributed by atoms with van der Waals surface area (Å²) in [5.74, 6) is -1.84. The van der Waals surface area contributed by atoms with Gasteiger partial charge in [-0.05, 0) is 18.6 Å². The van der Waals surface area contributed by atoms with Gasteiger partial charge in [-0.25, -0.2) is 0 Å². The van der Waals surface area contributed by atoms with Crippen LogP contribution in [0, 0.1) is 12.8 Å². The van der Waals surface area contributed by atoms with E-state index in [-0.39, 0.29) is 12.3 Å². The fourth-order valence-electron chi connectivity index (χ4n) is 2.53. The molecule has 0 aliphatic carbocycles. The second-order valence-corrected chi connectivity index (χ2v) is 4.91. The van der Waals surface area contributed by atoms with Gasteiger partial charge < -0.3 is 14.7 Å². The summed E-state index contributed by atoms with van der Waals surface area (Å²) in [5, 5.41) is 9.33. The highest BCUT2D eigenvalue weighted by atomic mass is 16.5. The number of carboxylic acid groups (broad SMARTS) is 1. The molecule has 2 unspecified atom stereocenters. The summed E-state index contributed by atoms with van der Waals surface area (Å²) >= 11 is 0. The van der Waals surface area contributed by atoms with Crippen LogP contribution in [0.3, 0.4) is 0 Å². The van der Waals surface area contributed by atoms with Crippen LogP contribution in [0.5, 0.6) is 0 Å². The monoisotopic (exact) mass is 278 g/mol. The molecule has 1 amide bonds. The topological polar surface area (TPSA) is 79.7 Å². The minimum Gasteiger partial charge on any atom is -0.481 e. The SMILES string of the molecule is COCCN1C(=O)CC(C(=O)O)C1c1ccc(C)nc1. The first-order valence-corrected chi connectivity index (χ1v) is 6.48. The van der Waals surface area contributed by atoms with Crippen molar-refractivity contribution in [3.8, 4) is 0 Å². The van der Waals surface area contributed by atoms with E-state index in [4.69, 9.17) is 4.74 Å². The number of carboxylic acids is 1. The van der Waals surface area contributed by atoms with Crippen LogP contribution >= 0.6 is 0 Å². The molecule has 1 fully saturated rings. The number of nitrogens with zero attached hydrogens (tertiary/aromatic N) is 2. The zero-order valence-corrected chi connectivity index (χ0v) is 11.6. The number of likely N-dealkylation sites (tertiary alicyclic amines) is 1. The van der Waals surface area contributed by atoms with E-state index in [0.717, 1.165) is 11.3 Å². The molecule has 2 atom stereocenters. The number of ether oxygens (including phenoxy) is 1. The molecule has 108 valence electrons. The van der Waals surface area contributed by atoms with E-state index in [0.29, 0.717) is 13.2 Å². The average Bonchev–Trinajstić information content (AvgIpc) is 2.74. The van der Waals surface area contributed by atoms with Crippen molar-refractivity contribution in [3.63, 3.8) is 0 Å². The number of aryl methyl sites for hydroxylation is 1. The van der Waals surface area contributed by atoms with Gasteiger partial charge >= 0.3 is 5.97 Å². The van der Waals surface area contributed by atoms with Gasteiger partial charge in [0.15, 0.2) is 0 Å². The number of aromatic nitrogens is 1. The number of hydrogen-bond donors (Lipinski definition) is 1. The quantitative estimate of drug-likeness (QED) is 0.869. The van der Waals surface area contributed by atoms with E-state index in [1.165, 1.54) is 0 Å². The van der Waals surface area contributed by atoms with E-state index in [2.05, 4.69) is 4.98 Å². The summed E-state index contributed by atoms with van der Waals surface area (Å²) in [6, 6.07) is 3.19. The fourth-order valence-corrected chi connectivity index (χ4v) is 2.53. The van der Waals surface area contributed by atoms with Gasteiger partial charge in [-0.1, -0.05) is 6.07 Å². The molecule has 1 aliphatic heterocycles. The zero-order chi connectivity index (χ0) is 14.7. The van der Waals surface area contributed by atoms with Crippen LogP contribution in [0.25, 0.3) is 0 Å². The van der Waals surface area contributed by atoms with E-state index in [1.807, 2.05) is 19.1 Å². The largest absolute Gasteiger partial charge is 0.481 e. The summed E-state index contributed by atoms with van der Waals surface area (Å²) in [4.78, 5) is 29.2. The van der Waals surface area contributed by atoms with E-state index in [1.54, 1.807) is 18.2 Å². The number of hydrogen-bond acceptors (Lipinski definition) is 4.